The van der Waals surface area contributed by atoms with Gasteiger partial charge in [-0.1, -0.05) is 32.0 Å². The lowest BCUT2D eigenvalue weighted by Gasteiger charge is -2.44. The van der Waals surface area contributed by atoms with Crippen molar-refractivity contribution in [2.45, 2.75) is 57.9 Å². The Bertz CT molecular complexity index is 815. The van der Waals surface area contributed by atoms with Crippen LogP contribution in [0.2, 0.25) is 0 Å². The second-order valence-electron chi connectivity index (χ2n) is 8.67. The van der Waals surface area contributed by atoms with Crippen molar-refractivity contribution in [3.63, 3.8) is 0 Å². The first-order valence-corrected chi connectivity index (χ1v) is 9.28. The third-order valence-electron chi connectivity index (χ3n) is 5.98. The molecule has 4 nitrogen and oxygen atoms in total. The van der Waals surface area contributed by atoms with Crippen LogP contribution < -0.4 is 16.2 Å². The van der Waals surface area contributed by atoms with E-state index in [0.29, 0.717) is 18.4 Å². The number of hydrogen-bond acceptors (Lipinski definition) is 4. The molecule has 0 aromatic heterocycles. The molecule has 1 fully saturated rings. The fraction of sp³-hybridized carbons (Fsp3) is 0.550. The predicted molar refractivity (Wildman–Crippen MR) is 95.4 cm³/mol. The Balaban J connectivity index is 1.92. The Morgan fingerprint density at radius 2 is 1.81 bits per heavy atom. The van der Waals surface area contributed by atoms with Gasteiger partial charge >= 0.3 is 6.18 Å². The maximum Gasteiger partial charge on any atom is 0.416 e. The van der Waals surface area contributed by atoms with Crippen molar-refractivity contribution in [2.24, 2.45) is 11.3 Å². The Hall–Kier alpha value is -1.86. The molecule has 4 atom stereocenters. The summed E-state index contributed by atoms with van der Waals surface area (Å²) < 4.78 is 41.2. The molecule has 4 rings (SSSR count). The van der Waals surface area contributed by atoms with E-state index in [1.165, 1.54) is 12.1 Å². The molecule has 3 unspecified atom stereocenters. The van der Waals surface area contributed by atoms with Gasteiger partial charge in [-0.15, -0.1) is 0 Å². The first-order chi connectivity index (χ1) is 12.6. The lowest BCUT2D eigenvalue weighted by Crippen LogP contribution is -2.52. The van der Waals surface area contributed by atoms with Gasteiger partial charge in [0.25, 0.3) is 0 Å². The van der Waals surface area contributed by atoms with E-state index < -0.39 is 17.7 Å². The number of hydrogen-bond donors (Lipinski definition) is 3. The average molecular weight is 379 g/mol. The Morgan fingerprint density at radius 1 is 1.11 bits per heavy atom. The van der Waals surface area contributed by atoms with Crippen molar-refractivity contribution >= 4 is 5.78 Å². The zero-order chi connectivity index (χ0) is 19.6. The van der Waals surface area contributed by atoms with Gasteiger partial charge in [-0.05, 0) is 30.4 Å². The molecule has 0 radical (unpaired) electrons. The maximum atomic E-state index is 13.7. The summed E-state index contributed by atoms with van der Waals surface area (Å²) in [4.78, 5) is 13.1. The molecule has 1 aliphatic carbocycles. The van der Waals surface area contributed by atoms with E-state index >= 15 is 0 Å². The van der Waals surface area contributed by atoms with Crippen LogP contribution in [0.15, 0.2) is 35.5 Å². The molecule has 0 amide bonds. The first-order valence-electron chi connectivity index (χ1n) is 9.28. The van der Waals surface area contributed by atoms with Crippen LogP contribution in [0.4, 0.5) is 13.2 Å². The van der Waals surface area contributed by atoms with E-state index in [0.717, 1.165) is 11.8 Å². The second-order valence-corrected chi connectivity index (χ2v) is 8.67. The zero-order valence-electron chi connectivity index (χ0n) is 15.6. The molecule has 2 aliphatic heterocycles. The van der Waals surface area contributed by atoms with Crippen molar-refractivity contribution in [3.8, 4) is 0 Å². The van der Waals surface area contributed by atoms with Crippen LogP contribution in [-0.2, 0) is 11.0 Å². The van der Waals surface area contributed by atoms with Crippen LogP contribution in [0, 0.1) is 11.3 Å². The van der Waals surface area contributed by atoms with Crippen LogP contribution >= 0.6 is 0 Å². The maximum absolute atomic E-state index is 13.7. The lowest BCUT2D eigenvalue weighted by molar-refractivity contribution is -0.138. The molecule has 1 aromatic rings. The molecule has 27 heavy (non-hydrogen) atoms. The third-order valence-corrected chi connectivity index (χ3v) is 5.98. The van der Waals surface area contributed by atoms with Crippen molar-refractivity contribution < 1.29 is 18.0 Å². The number of Topliss-reactive ketones (excluding diaryl/α,β-unsaturated/α-hetero) is 1. The van der Waals surface area contributed by atoms with Gasteiger partial charge < -0.3 is 5.32 Å². The fourth-order valence-corrected chi connectivity index (χ4v) is 4.91. The van der Waals surface area contributed by atoms with Crippen molar-refractivity contribution in [2.75, 3.05) is 0 Å². The molecule has 0 spiro atoms. The number of nitrogens with one attached hydrogen (secondary N) is 3. The number of benzene rings is 1. The van der Waals surface area contributed by atoms with Gasteiger partial charge in [-0.2, -0.15) is 13.2 Å². The second kappa shape index (κ2) is 6.07. The quantitative estimate of drug-likeness (QED) is 0.699. The smallest absolute Gasteiger partial charge is 0.371 e. The van der Waals surface area contributed by atoms with Gasteiger partial charge in [0, 0.05) is 35.6 Å². The fourth-order valence-electron chi connectivity index (χ4n) is 4.91. The Labute approximate surface area is 156 Å². The van der Waals surface area contributed by atoms with Crippen molar-refractivity contribution in [1.82, 2.24) is 16.2 Å². The highest BCUT2D eigenvalue weighted by molar-refractivity contribution is 5.99. The molecule has 0 bridgehead atoms. The van der Waals surface area contributed by atoms with E-state index in [4.69, 9.17) is 0 Å². The molecule has 2 heterocycles. The topological polar surface area (TPSA) is 53.2 Å². The van der Waals surface area contributed by atoms with Crippen LogP contribution in [-0.4, -0.2) is 18.0 Å². The largest absolute Gasteiger partial charge is 0.416 e. The van der Waals surface area contributed by atoms with Gasteiger partial charge in [-0.3, -0.25) is 10.2 Å². The lowest BCUT2D eigenvalue weighted by atomic mass is 9.65. The Morgan fingerprint density at radius 3 is 2.52 bits per heavy atom. The molecular weight excluding hydrogens is 355 g/mol. The predicted octanol–water partition coefficient (Wildman–Crippen LogP) is 3.47. The Kier molecular flexibility index (Phi) is 4.16. The summed E-state index contributed by atoms with van der Waals surface area (Å²) in [5.74, 6) is -0.837. The van der Waals surface area contributed by atoms with E-state index in [9.17, 15) is 18.0 Å². The molecule has 7 heteroatoms. The van der Waals surface area contributed by atoms with Gasteiger partial charge in [0.1, 0.15) is 0 Å². The molecular formula is C20H24F3N3O. The van der Waals surface area contributed by atoms with E-state index in [1.807, 2.05) is 20.8 Å². The average Bonchev–Trinajstić information content (AvgIpc) is 2.92. The normalized spacial score (nSPS) is 32.7. The van der Waals surface area contributed by atoms with Crippen LogP contribution in [0.25, 0.3) is 0 Å². The number of carbonyl (C=O) groups is 1. The highest BCUT2D eigenvalue weighted by Gasteiger charge is 2.51. The minimum Gasteiger partial charge on any atom is -0.371 e. The van der Waals surface area contributed by atoms with Gasteiger partial charge in [-0.25, -0.2) is 5.43 Å². The summed E-state index contributed by atoms with van der Waals surface area (Å²) in [7, 11) is 0. The summed E-state index contributed by atoms with van der Waals surface area (Å²) in [6.45, 7) is 5.97. The molecule has 146 valence electrons. The monoisotopic (exact) mass is 379 g/mol. The van der Waals surface area contributed by atoms with Crippen LogP contribution in [0.1, 0.15) is 50.7 Å². The van der Waals surface area contributed by atoms with Crippen molar-refractivity contribution in [1.29, 1.82) is 0 Å². The minimum atomic E-state index is -4.46. The number of fused-ring (bicyclic) bond motifs is 1. The summed E-state index contributed by atoms with van der Waals surface area (Å²) in [5, 5.41) is 3.40. The number of alkyl halides is 3. The standard InChI is InChI=1S/C20H24F3N3O/c1-10-15-16(11-6-4-5-7-12(11)20(21,22)23)17-13(24-18(15)26-25-10)8-19(2,3)9-14(17)27/h4-7,10,15-16,18,24-26H,8-9H2,1-3H3/t10?,15?,16-,18?/m1/s1. The van der Waals surface area contributed by atoms with Crippen LogP contribution in [0.5, 0.6) is 0 Å². The van der Waals surface area contributed by atoms with E-state index in [2.05, 4.69) is 16.2 Å². The van der Waals surface area contributed by atoms with Crippen LogP contribution in [0.3, 0.4) is 0 Å². The molecule has 1 saturated heterocycles. The number of halogens is 3. The van der Waals surface area contributed by atoms with Gasteiger partial charge in [0.05, 0.1) is 11.7 Å². The van der Waals surface area contributed by atoms with E-state index in [1.54, 1.807) is 6.07 Å². The highest BCUT2D eigenvalue weighted by Crippen LogP contribution is 2.50. The minimum absolute atomic E-state index is 0.0479. The first kappa shape index (κ1) is 18.5. The van der Waals surface area contributed by atoms with E-state index in [-0.39, 0.29) is 34.9 Å². The number of rotatable bonds is 1. The van der Waals surface area contributed by atoms with Gasteiger partial charge in [0.15, 0.2) is 5.78 Å². The summed E-state index contributed by atoms with van der Waals surface area (Å²) >= 11 is 0. The van der Waals surface area contributed by atoms with Crippen molar-refractivity contribution in [3.05, 3.63) is 46.7 Å². The van der Waals surface area contributed by atoms with Gasteiger partial charge in [0.2, 0.25) is 0 Å². The molecule has 3 aliphatic rings. The molecule has 0 saturated carbocycles. The third kappa shape index (κ3) is 3.06. The highest BCUT2D eigenvalue weighted by atomic mass is 19.4. The number of hydrazine groups is 1. The number of ketones is 1. The number of carbonyl (C=O) groups excluding carboxylic acids is 1. The molecule has 1 aromatic carbocycles. The number of allylic oxidation sites excluding steroid dienone is 2. The zero-order valence-corrected chi connectivity index (χ0v) is 15.6. The summed E-state index contributed by atoms with van der Waals surface area (Å²) in [6, 6.07) is 5.59. The summed E-state index contributed by atoms with van der Waals surface area (Å²) in [5.41, 5.74) is 6.93. The SMILES string of the molecule is CC1NNC2NC3=C(C(=O)CC(C)(C)C3)[C@H](c3ccccc3C(F)(F)F)C12. The summed E-state index contributed by atoms with van der Waals surface area (Å²) in [6.07, 6.45) is -3.67. The molecule has 3 N–H and O–H groups in total.